The van der Waals surface area contributed by atoms with E-state index in [2.05, 4.69) is 37.2 Å². The van der Waals surface area contributed by atoms with Crippen LogP contribution in [0.25, 0.3) is 6.08 Å². The zero-order valence-corrected chi connectivity index (χ0v) is 15.8. The average molecular weight is 454 g/mol. The van der Waals surface area contributed by atoms with E-state index >= 15 is 0 Å². The van der Waals surface area contributed by atoms with Gasteiger partial charge in [0.1, 0.15) is 5.75 Å². The second-order valence-electron chi connectivity index (χ2n) is 4.74. The van der Waals surface area contributed by atoms with E-state index in [-0.39, 0.29) is 11.5 Å². The fraction of sp³-hybridized carbons (Fsp3) is 0.0588. The van der Waals surface area contributed by atoms with Gasteiger partial charge < -0.3 is 15.8 Å². The number of halogens is 2. The Bertz CT molecular complexity index is 819. The molecule has 0 atom stereocenters. The normalized spacial score (nSPS) is 10.6. The summed E-state index contributed by atoms with van der Waals surface area (Å²) < 4.78 is 6.92. The fourth-order valence-electron chi connectivity index (χ4n) is 2.07. The minimum absolute atomic E-state index is 0.252. The Hall–Kier alpha value is -2.12. The van der Waals surface area contributed by atoms with Crippen LogP contribution in [-0.4, -0.2) is 18.9 Å². The Morgan fingerprint density at radius 3 is 2.58 bits per heavy atom. The van der Waals surface area contributed by atoms with Crippen LogP contribution in [0, 0.1) is 0 Å². The molecular formula is C17H14Br2N2O3. The van der Waals surface area contributed by atoms with Crippen LogP contribution >= 0.6 is 31.9 Å². The van der Waals surface area contributed by atoms with Crippen LogP contribution in [0.5, 0.6) is 5.75 Å². The summed E-state index contributed by atoms with van der Waals surface area (Å²) in [6, 6.07) is 10.2. The first kappa shape index (κ1) is 18.2. The van der Waals surface area contributed by atoms with Gasteiger partial charge in [-0.05, 0) is 46.3 Å². The number of primary amides is 1. The number of anilines is 1. The molecule has 0 heterocycles. The molecule has 0 saturated heterocycles. The molecule has 0 aliphatic heterocycles. The summed E-state index contributed by atoms with van der Waals surface area (Å²) in [5.74, 6) is -0.380. The maximum Gasteiger partial charge on any atom is 0.250 e. The van der Waals surface area contributed by atoms with Crippen molar-refractivity contribution in [1.29, 1.82) is 0 Å². The van der Waals surface area contributed by atoms with Crippen molar-refractivity contribution in [1.82, 2.24) is 0 Å². The summed E-state index contributed by atoms with van der Waals surface area (Å²) in [7, 11) is 1.55. The quantitative estimate of drug-likeness (QED) is 0.672. The molecule has 124 valence electrons. The molecule has 5 nitrogen and oxygen atoms in total. The van der Waals surface area contributed by atoms with Gasteiger partial charge in [-0.25, -0.2) is 0 Å². The van der Waals surface area contributed by atoms with Crippen molar-refractivity contribution in [2.75, 3.05) is 12.4 Å². The van der Waals surface area contributed by atoms with Crippen molar-refractivity contribution in [2.24, 2.45) is 5.73 Å². The van der Waals surface area contributed by atoms with Crippen molar-refractivity contribution in [3.05, 3.63) is 62.5 Å². The molecule has 24 heavy (non-hydrogen) atoms. The molecular weight excluding hydrogens is 440 g/mol. The van der Waals surface area contributed by atoms with E-state index in [1.54, 1.807) is 37.5 Å². The predicted octanol–water partition coefficient (Wildman–Crippen LogP) is 3.97. The number of carbonyl (C=O) groups is 2. The smallest absolute Gasteiger partial charge is 0.250 e. The second kappa shape index (κ2) is 8.12. The number of hydrogen-bond donors (Lipinski definition) is 2. The number of para-hydroxylation sites is 1. The zero-order valence-electron chi connectivity index (χ0n) is 12.7. The van der Waals surface area contributed by atoms with Gasteiger partial charge in [0.25, 0.3) is 5.91 Å². The second-order valence-corrected chi connectivity index (χ2v) is 6.51. The molecule has 2 aromatic rings. The van der Waals surface area contributed by atoms with E-state index in [1.165, 1.54) is 6.08 Å². The third-order valence-corrected chi connectivity index (χ3v) is 4.15. The van der Waals surface area contributed by atoms with E-state index in [4.69, 9.17) is 10.5 Å². The number of ether oxygens (including phenoxy) is 1. The van der Waals surface area contributed by atoms with Crippen molar-refractivity contribution in [3.63, 3.8) is 0 Å². The highest BCUT2D eigenvalue weighted by molar-refractivity contribution is 9.11. The van der Waals surface area contributed by atoms with Gasteiger partial charge in [0.15, 0.2) is 0 Å². The summed E-state index contributed by atoms with van der Waals surface area (Å²) in [6.45, 7) is 0. The van der Waals surface area contributed by atoms with Gasteiger partial charge in [-0.2, -0.15) is 0 Å². The molecule has 0 fully saturated rings. The van der Waals surface area contributed by atoms with Crippen LogP contribution in [-0.2, 0) is 4.79 Å². The van der Waals surface area contributed by atoms with Gasteiger partial charge in [0.2, 0.25) is 5.91 Å². The molecule has 0 aliphatic rings. The molecule has 0 aromatic heterocycles. The lowest BCUT2D eigenvalue weighted by Gasteiger charge is -2.09. The molecule has 0 saturated carbocycles. The lowest BCUT2D eigenvalue weighted by molar-refractivity contribution is -0.111. The maximum absolute atomic E-state index is 12.1. The highest BCUT2D eigenvalue weighted by atomic mass is 79.9. The topological polar surface area (TPSA) is 81.4 Å². The van der Waals surface area contributed by atoms with Crippen molar-refractivity contribution in [3.8, 4) is 5.75 Å². The number of benzene rings is 2. The van der Waals surface area contributed by atoms with E-state index in [0.29, 0.717) is 11.4 Å². The minimum Gasteiger partial charge on any atom is -0.495 e. The molecule has 0 spiro atoms. The third-order valence-electron chi connectivity index (χ3n) is 3.11. The first-order valence-electron chi connectivity index (χ1n) is 6.83. The highest BCUT2D eigenvalue weighted by Crippen LogP contribution is 2.33. The number of hydrogen-bond acceptors (Lipinski definition) is 3. The first-order valence-corrected chi connectivity index (χ1v) is 8.42. The Morgan fingerprint density at radius 1 is 1.21 bits per heavy atom. The molecule has 2 aromatic carbocycles. The summed E-state index contributed by atoms with van der Waals surface area (Å²) >= 11 is 6.79. The van der Waals surface area contributed by atoms with Crippen molar-refractivity contribution in [2.45, 2.75) is 0 Å². The average Bonchev–Trinajstić information content (AvgIpc) is 2.52. The van der Waals surface area contributed by atoms with Crippen LogP contribution in [0.1, 0.15) is 15.9 Å². The standard InChI is InChI=1S/C17H14Br2N2O3/c1-24-16-10(8-11(18)9-13(16)19)6-7-15(22)21-14-5-3-2-4-12(14)17(20)23/h2-9H,1H3,(H2,20,23)(H,21,22)/b7-6+. The summed E-state index contributed by atoms with van der Waals surface area (Å²) in [4.78, 5) is 23.5. The fourth-order valence-corrected chi connectivity index (χ4v) is 3.49. The molecule has 2 amide bonds. The highest BCUT2D eigenvalue weighted by Gasteiger charge is 2.10. The van der Waals surface area contributed by atoms with Gasteiger partial charge >= 0.3 is 0 Å². The molecule has 7 heteroatoms. The predicted molar refractivity (Wildman–Crippen MR) is 101 cm³/mol. The Labute approximate surface area is 156 Å². The van der Waals surface area contributed by atoms with Crippen molar-refractivity contribution < 1.29 is 14.3 Å². The third kappa shape index (κ3) is 4.46. The summed E-state index contributed by atoms with van der Waals surface area (Å²) in [5, 5.41) is 2.64. The molecule has 2 rings (SSSR count). The largest absolute Gasteiger partial charge is 0.495 e. The van der Waals surface area contributed by atoms with E-state index in [9.17, 15) is 9.59 Å². The Morgan fingerprint density at radius 2 is 1.92 bits per heavy atom. The first-order chi connectivity index (χ1) is 11.4. The molecule has 3 N–H and O–H groups in total. The van der Waals surface area contributed by atoms with Gasteiger partial charge in [-0.15, -0.1) is 0 Å². The van der Waals surface area contributed by atoms with E-state index in [0.717, 1.165) is 14.5 Å². The van der Waals surface area contributed by atoms with Crippen LogP contribution in [0.15, 0.2) is 51.4 Å². The number of carbonyl (C=O) groups excluding carboxylic acids is 2. The van der Waals surface area contributed by atoms with Crippen LogP contribution < -0.4 is 15.8 Å². The molecule has 0 aliphatic carbocycles. The number of rotatable bonds is 5. The number of amides is 2. The Balaban J connectivity index is 2.22. The lowest BCUT2D eigenvalue weighted by atomic mass is 10.1. The van der Waals surface area contributed by atoms with E-state index in [1.807, 2.05) is 12.1 Å². The van der Waals surface area contributed by atoms with Gasteiger partial charge in [0, 0.05) is 16.1 Å². The molecule has 0 bridgehead atoms. The monoisotopic (exact) mass is 452 g/mol. The number of methoxy groups -OCH3 is 1. The van der Waals surface area contributed by atoms with Gasteiger partial charge in [0.05, 0.1) is 22.8 Å². The van der Waals surface area contributed by atoms with Crippen molar-refractivity contribution >= 4 is 55.4 Å². The Kier molecular flexibility index (Phi) is 6.16. The summed E-state index contributed by atoms with van der Waals surface area (Å²) in [5.41, 5.74) is 6.63. The summed E-state index contributed by atoms with van der Waals surface area (Å²) in [6.07, 6.45) is 2.98. The zero-order chi connectivity index (χ0) is 17.7. The SMILES string of the molecule is COc1c(Br)cc(Br)cc1/C=C/C(=O)Nc1ccccc1C(N)=O. The molecule has 0 radical (unpaired) electrons. The van der Waals surface area contributed by atoms with Gasteiger partial charge in [-0.3, -0.25) is 9.59 Å². The van der Waals surface area contributed by atoms with Gasteiger partial charge in [-0.1, -0.05) is 28.1 Å². The van der Waals surface area contributed by atoms with Crippen LogP contribution in [0.3, 0.4) is 0 Å². The van der Waals surface area contributed by atoms with E-state index < -0.39 is 5.91 Å². The van der Waals surface area contributed by atoms with Crippen LogP contribution in [0.2, 0.25) is 0 Å². The minimum atomic E-state index is -0.604. The lowest BCUT2D eigenvalue weighted by Crippen LogP contribution is -2.16. The number of nitrogens with one attached hydrogen (secondary N) is 1. The maximum atomic E-state index is 12.1. The number of nitrogens with two attached hydrogens (primary N) is 1. The van der Waals surface area contributed by atoms with Crippen LogP contribution in [0.4, 0.5) is 5.69 Å². The molecule has 0 unspecified atom stereocenters.